The molecule has 0 bridgehead atoms. The monoisotopic (exact) mass is 304 g/mol. The number of furan rings is 1. The molecule has 1 aromatic heterocycles. The van der Waals surface area contributed by atoms with Gasteiger partial charge in [-0.25, -0.2) is 0 Å². The SMILES string of the molecule is O=C(c1ccc([N+](=O)[O-])cc1)N1CCSC1c1ccco1. The number of hydrogen-bond donors (Lipinski definition) is 0. The van der Waals surface area contributed by atoms with E-state index in [1.54, 1.807) is 29.0 Å². The highest BCUT2D eigenvalue weighted by Gasteiger charge is 2.33. The van der Waals surface area contributed by atoms with Gasteiger partial charge in [0.15, 0.2) is 0 Å². The Balaban J connectivity index is 1.82. The number of amides is 1. The first-order valence-electron chi connectivity index (χ1n) is 6.37. The Morgan fingerprint density at radius 2 is 2.10 bits per heavy atom. The second kappa shape index (κ2) is 5.61. The lowest BCUT2D eigenvalue weighted by Gasteiger charge is -2.22. The molecular formula is C14H12N2O4S. The third-order valence-corrected chi connectivity index (χ3v) is 4.48. The van der Waals surface area contributed by atoms with Crippen LogP contribution < -0.4 is 0 Å². The number of nitro benzene ring substituents is 1. The van der Waals surface area contributed by atoms with Crippen molar-refractivity contribution >= 4 is 23.4 Å². The average Bonchev–Trinajstić information content (AvgIpc) is 3.17. The second-order valence-electron chi connectivity index (χ2n) is 4.54. The van der Waals surface area contributed by atoms with E-state index in [2.05, 4.69) is 0 Å². The van der Waals surface area contributed by atoms with Gasteiger partial charge in [-0.2, -0.15) is 0 Å². The first kappa shape index (κ1) is 13.7. The van der Waals surface area contributed by atoms with E-state index in [4.69, 9.17) is 4.42 Å². The van der Waals surface area contributed by atoms with Crippen LogP contribution in [0.5, 0.6) is 0 Å². The highest BCUT2D eigenvalue weighted by Crippen LogP contribution is 2.38. The summed E-state index contributed by atoms with van der Waals surface area (Å²) < 4.78 is 5.38. The van der Waals surface area contributed by atoms with Crippen molar-refractivity contribution in [2.24, 2.45) is 0 Å². The number of non-ortho nitro benzene ring substituents is 1. The molecule has 0 radical (unpaired) electrons. The molecule has 21 heavy (non-hydrogen) atoms. The molecule has 0 spiro atoms. The van der Waals surface area contributed by atoms with Crippen LogP contribution in [0, 0.1) is 10.1 Å². The van der Waals surface area contributed by atoms with E-state index < -0.39 is 4.92 Å². The van der Waals surface area contributed by atoms with Gasteiger partial charge in [0, 0.05) is 30.0 Å². The Morgan fingerprint density at radius 3 is 2.71 bits per heavy atom. The van der Waals surface area contributed by atoms with Crippen LogP contribution in [-0.2, 0) is 0 Å². The van der Waals surface area contributed by atoms with E-state index in [-0.39, 0.29) is 17.0 Å². The molecule has 1 aliphatic heterocycles. The highest BCUT2D eigenvalue weighted by molar-refractivity contribution is 7.99. The van der Waals surface area contributed by atoms with E-state index in [1.165, 1.54) is 24.3 Å². The van der Waals surface area contributed by atoms with Crippen LogP contribution >= 0.6 is 11.8 Å². The van der Waals surface area contributed by atoms with Crippen molar-refractivity contribution in [3.8, 4) is 0 Å². The lowest BCUT2D eigenvalue weighted by molar-refractivity contribution is -0.384. The molecule has 2 aromatic rings. The van der Waals surface area contributed by atoms with Crippen LogP contribution in [0.3, 0.4) is 0 Å². The van der Waals surface area contributed by atoms with Crippen molar-refractivity contribution in [2.45, 2.75) is 5.37 Å². The van der Waals surface area contributed by atoms with E-state index in [0.29, 0.717) is 12.1 Å². The molecule has 1 aliphatic rings. The van der Waals surface area contributed by atoms with Crippen LogP contribution in [0.1, 0.15) is 21.5 Å². The maximum absolute atomic E-state index is 12.5. The quantitative estimate of drug-likeness (QED) is 0.643. The van der Waals surface area contributed by atoms with Gasteiger partial charge in [0.1, 0.15) is 11.1 Å². The van der Waals surface area contributed by atoms with Crippen molar-refractivity contribution in [1.82, 2.24) is 4.90 Å². The fraction of sp³-hybridized carbons (Fsp3) is 0.214. The molecular weight excluding hydrogens is 292 g/mol. The zero-order valence-electron chi connectivity index (χ0n) is 11.0. The predicted octanol–water partition coefficient (Wildman–Crippen LogP) is 3.08. The Hall–Kier alpha value is -2.28. The summed E-state index contributed by atoms with van der Waals surface area (Å²) in [6, 6.07) is 9.31. The van der Waals surface area contributed by atoms with Crippen molar-refractivity contribution in [3.05, 3.63) is 64.1 Å². The van der Waals surface area contributed by atoms with E-state index >= 15 is 0 Å². The normalized spacial score (nSPS) is 17.9. The Kier molecular flexibility index (Phi) is 3.66. The summed E-state index contributed by atoms with van der Waals surface area (Å²) in [5, 5.41) is 10.5. The van der Waals surface area contributed by atoms with Gasteiger partial charge < -0.3 is 9.32 Å². The molecule has 0 saturated carbocycles. The van der Waals surface area contributed by atoms with Crippen molar-refractivity contribution in [2.75, 3.05) is 12.3 Å². The number of carbonyl (C=O) groups is 1. The lowest BCUT2D eigenvalue weighted by atomic mass is 10.2. The zero-order chi connectivity index (χ0) is 14.8. The van der Waals surface area contributed by atoms with Gasteiger partial charge in [-0.3, -0.25) is 14.9 Å². The fourth-order valence-corrected chi connectivity index (χ4v) is 3.44. The molecule has 2 heterocycles. The minimum atomic E-state index is -0.481. The van der Waals surface area contributed by atoms with Gasteiger partial charge in [-0.1, -0.05) is 0 Å². The molecule has 0 aliphatic carbocycles. The average molecular weight is 304 g/mol. The van der Waals surface area contributed by atoms with Crippen LogP contribution in [0.2, 0.25) is 0 Å². The van der Waals surface area contributed by atoms with Gasteiger partial charge in [-0.05, 0) is 24.3 Å². The molecule has 108 valence electrons. The third-order valence-electron chi connectivity index (χ3n) is 3.26. The summed E-state index contributed by atoms with van der Waals surface area (Å²) in [5.74, 6) is 1.44. The number of hydrogen-bond acceptors (Lipinski definition) is 5. The number of benzene rings is 1. The first-order chi connectivity index (χ1) is 10.2. The zero-order valence-corrected chi connectivity index (χ0v) is 11.8. The Labute approximate surface area is 124 Å². The molecule has 3 rings (SSSR count). The van der Waals surface area contributed by atoms with Gasteiger partial charge in [0.05, 0.1) is 11.2 Å². The standard InChI is InChI=1S/C14H12N2O4S/c17-13(10-3-5-11(6-4-10)16(18)19)15-7-9-21-14(15)12-2-1-8-20-12/h1-6,8,14H,7,9H2. The number of nitrogens with zero attached hydrogens (tertiary/aromatic N) is 2. The smallest absolute Gasteiger partial charge is 0.269 e. The van der Waals surface area contributed by atoms with Gasteiger partial charge in [0.25, 0.3) is 11.6 Å². The van der Waals surface area contributed by atoms with Crippen LogP contribution in [-0.4, -0.2) is 28.0 Å². The Bertz CT molecular complexity index is 654. The molecule has 1 aromatic carbocycles. The van der Waals surface area contributed by atoms with E-state index in [9.17, 15) is 14.9 Å². The lowest BCUT2D eigenvalue weighted by Crippen LogP contribution is -2.30. The van der Waals surface area contributed by atoms with Crippen molar-refractivity contribution in [3.63, 3.8) is 0 Å². The summed E-state index contributed by atoms with van der Waals surface area (Å²) in [5.41, 5.74) is 0.421. The van der Waals surface area contributed by atoms with Crippen molar-refractivity contribution in [1.29, 1.82) is 0 Å². The van der Waals surface area contributed by atoms with E-state index in [1.807, 2.05) is 6.07 Å². The van der Waals surface area contributed by atoms with Gasteiger partial charge in [0.2, 0.25) is 0 Å². The predicted molar refractivity (Wildman–Crippen MR) is 78.0 cm³/mol. The minimum Gasteiger partial charge on any atom is -0.466 e. The second-order valence-corrected chi connectivity index (χ2v) is 5.73. The highest BCUT2D eigenvalue weighted by atomic mass is 32.2. The molecule has 7 heteroatoms. The molecule has 0 N–H and O–H groups in total. The largest absolute Gasteiger partial charge is 0.466 e. The summed E-state index contributed by atoms with van der Waals surface area (Å²) in [6.07, 6.45) is 1.59. The molecule has 6 nitrogen and oxygen atoms in total. The number of carbonyl (C=O) groups excluding carboxylic acids is 1. The summed E-state index contributed by atoms with van der Waals surface area (Å²) in [7, 11) is 0. The maximum Gasteiger partial charge on any atom is 0.269 e. The molecule has 1 fully saturated rings. The minimum absolute atomic E-state index is 0.0232. The summed E-state index contributed by atoms with van der Waals surface area (Å²) in [4.78, 5) is 24.4. The number of thioether (sulfide) groups is 1. The molecule has 1 atom stereocenters. The number of nitro groups is 1. The third kappa shape index (κ3) is 2.64. The maximum atomic E-state index is 12.5. The summed E-state index contributed by atoms with van der Waals surface area (Å²) >= 11 is 1.64. The molecule has 1 saturated heterocycles. The fourth-order valence-electron chi connectivity index (χ4n) is 2.24. The van der Waals surface area contributed by atoms with Crippen LogP contribution in [0.25, 0.3) is 0 Å². The number of rotatable bonds is 3. The van der Waals surface area contributed by atoms with Gasteiger partial charge >= 0.3 is 0 Å². The van der Waals surface area contributed by atoms with Crippen LogP contribution in [0.15, 0.2) is 47.1 Å². The topological polar surface area (TPSA) is 76.6 Å². The van der Waals surface area contributed by atoms with Crippen LogP contribution in [0.4, 0.5) is 5.69 Å². The first-order valence-corrected chi connectivity index (χ1v) is 7.42. The van der Waals surface area contributed by atoms with E-state index in [0.717, 1.165) is 11.5 Å². The van der Waals surface area contributed by atoms with Gasteiger partial charge in [-0.15, -0.1) is 11.8 Å². The Morgan fingerprint density at radius 1 is 1.33 bits per heavy atom. The molecule has 1 amide bonds. The van der Waals surface area contributed by atoms with Crippen molar-refractivity contribution < 1.29 is 14.1 Å². The molecule has 1 unspecified atom stereocenters. The summed E-state index contributed by atoms with van der Waals surface area (Å²) in [6.45, 7) is 0.631.